The van der Waals surface area contributed by atoms with Crippen molar-refractivity contribution < 1.29 is 4.79 Å². The second kappa shape index (κ2) is 9.91. The summed E-state index contributed by atoms with van der Waals surface area (Å²) < 4.78 is 0. The Kier molecular flexibility index (Phi) is 11.2. The van der Waals surface area contributed by atoms with Gasteiger partial charge in [0.25, 0.3) is 0 Å². The minimum Gasteiger partial charge on any atom is -0.356 e. The molecular weight excluding hydrogens is 224 g/mol. The van der Waals surface area contributed by atoms with Crippen LogP contribution in [0.3, 0.4) is 0 Å². The van der Waals surface area contributed by atoms with Crippen LogP contribution in [0.15, 0.2) is 0 Å². The van der Waals surface area contributed by atoms with Gasteiger partial charge in [0.05, 0.1) is 0 Å². The molecule has 0 aromatic rings. The first-order valence-corrected chi connectivity index (χ1v) is 5.92. The van der Waals surface area contributed by atoms with Gasteiger partial charge in [0.15, 0.2) is 0 Å². The minimum atomic E-state index is 0. The molecule has 0 radical (unpaired) electrons. The first kappa shape index (κ1) is 18.1. The summed E-state index contributed by atoms with van der Waals surface area (Å²) in [6, 6.07) is 0. The van der Waals surface area contributed by atoms with Crippen LogP contribution >= 0.6 is 12.4 Å². The summed E-state index contributed by atoms with van der Waals surface area (Å²) in [5.74, 6) is 0.135. The number of rotatable bonds is 7. The molecule has 3 N–H and O–H groups in total. The molecule has 0 aliphatic carbocycles. The van der Waals surface area contributed by atoms with E-state index in [1.165, 1.54) is 12.8 Å². The Morgan fingerprint density at radius 3 is 2.31 bits per heavy atom. The summed E-state index contributed by atoms with van der Waals surface area (Å²) in [5, 5.41) is 2.91. The van der Waals surface area contributed by atoms with E-state index in [4.69, 9.17) is 5.73 Å². The SMILES string of the molecule is CC(C)(C)CCCCNC(=O)CCCN.Cl. The largest absolute Gasteiger partial charge is 0.356 e. The second-order valence-corrected chi connectivity index (χ2v) is 5.26. The maximum atomic E-state index is 11.2. The van der Waals surface area contributed by atoms with Gasteiger partial charge in [-0.25, -0.2) is 0 Å². The van der Waals surface area contributed by atoms with E-state index >= 15 is 0 Å². The number of halogens is 1. The summed E-state index contributed by atoms with van der Waals surface area (Å²) in [6.45, 7) is 8.13. The van der Waals surface area contributed by atoms with E-state index in [0.717, 1.165) is 19.4 Å². The Bertz CT molecular complexity index is 178. The molecule has 0 aliphatic heterocycles. The van der Waals surface area contributed by atoms with Crippen LogP contribution in [0, 0.1) is 5.41 Å². The Hall–Kier alpha value is -0.280. The molecular formula is C12H27ClN2O. The fourth-order valence-electron chi connectivity index (χ4n) is 1.36. The third-order valence-electron chi connectivity index (χ3n) is 2.28. The van der Waals surface area contributed by atoms with Gasteiger partial charge < -0.3 is 11.1 Å². The van der Waals surface area contributed by atoms with Crippen molar-refractivity contribution >= 4 is 18.3 Å². The molecule has 0 atom stereocenters. The lowest BCUT2D eigenvalue weighted by atomic mass is 9.90. The lowest BCUT2D eigenvalue weighted by molar-refractivity contribution is -0.121. The summed E-state index contributed by atoms with van der Waals surface area (Å²) in [6.07, 6.45) is 4.82. The van der Waals surface area contributed by atoms with Crippen LogP contribution in [-0.4, -0.2) is 19.0 Å². The molecule has 0 aromatic carbocycles. The van der Waals surface area contributed by atoms with E-state index in [9.17, 15) is 4.79 Å². The number of carbonyl (C=O) groups excluding carboxylic acids is 1. The van der Waals surface area contributed by atoms with E-state index in [2.05, 4.69) is 26.1 Å². The van der Waals surface area contributed by atoms with Crippen LogP contribution in [0.1, 0.15) is 52.9 Å². The van der Waals surface area contributed by atoms with Crippen LogP contribution in [-0.2, 0) is 4.79 Å². The predicted octanol–water partition coefficient (Wildman–Crippen LogP) is 2.48. The van der Waals surface area contributed by atoms with Crippen LogP contribution in [0.4, 0.5) is 0 Å². The summed E-state index contributed by atoms with van der Waals surface area (Å²) >= 11 is 0. The molecule has 98 valence electrons. The van der Waals surface area contributed by atoms with Crippen LogP contribution in [0.25, 0.3) is 0 Å². The molecule has 1 amide bonds. The normalized spacial score (nSPS) is 10.8. The number of nitrogens with two attached hydrogens (primary N) is 1. The standard InChI is InChI=1S/C12H26N2O.ClH/c1-12(2,3)8-4-5-10-14-11(15)7-6-9-13;/h4-10,13H2,1-3H3,(H,14,15);1H. The Morgan fingerprint density at radius 2 is 1.81 bits per heavy atom. The Balaban J connectivity index is 0. The maximum absolute atomic E-state index is 11.2. The smallest absolute Gasteiger partial charge is 0.220 e. The van der Waals surface area contributed by atoms with E-state index in [1.54, 1.807) is 0 Å². The van der Waals surface area contributed by atoms with Gasteiger partial charge in [-0.1, -0.05) is 27.2 Å². The number of nitrogens with one attached hydrogen (secondary N) is 1. The zero-order valence-corrected chi connectivity index (χ0v) is 11.7. The summed E-state index contributed by atoms with van der Waals surface area (Å²) in [4.78, 5) is 11.2. The van der Waals surface area contributed by atoms with Gasteiger partial charge in [-0.3, -0.25) is 4.79 Å². The van der Waals surface area contributed by atoms with E-state index in [0.29, 0.717) is 18.4 Å². The van der Waals surface area contributed by atoms with Crippen molar-refractivity contribution in [1.29, 1.82) is 0 Å². The third kappa shape index (κ3) is 13.7. The number of unbranched alkanes of at least 4 members (excludes halogenated alkanes) is 1. The van der Waals surface area contributed by atoms with Crippen molar-refractivity contribution in [3.8, 4) is 0 Å². The zero-order chi connectivity index (χ0) is 11.7. The fraction of sp³-hybridized carbons (Fsp3) is 0.917. The Morgan fingerprint density at radius 1 is 1.19 bits per heavy atom. The number of hydrogen-bond acceptors (Lipinski definition) is 2. The molecule has 0 aliphatic rings. The maximum Gasteiger partial charge on any atom is 0.220 e. The van der Waals surface area contributed by atoms with Crippen molar-refractivity contribution in [3.63, 3.8) is 0 Å². The van der Waals surface area contributed by atoms with Gasteiger partial charge >= 0.3 is 0 Å². The highest BCUT2D eigenvalue weighted by molar-refractivity contribution is 5.85. The first-order valence-electron chi connectivity index (χ1n) is 5.92. The van der Waals surface area contributed by atoms with Gasteiger partial charge in [-0.05, 0) is 31.2 Å². The molecule has 0 heterocycles. The monoisotopic (exact) mass is 250 g/mol. The van der Waals surface area contributed by atoms with Crippen molar-refractivity contribution in [1.82, 2.24) is 5.32 Å². The number of carbonyl (C=O) groups is 1. The van der Waals surface area contributed by atoms with Crippen LogP contribution in [0.2, 0.25) is 0 Å². The number of hydrogen-bond donors (Lipinski definition) is 2. The van der Waals surface area contributed by atoms with E-state index < -0.39 is 0 Å². The zero-order valence-electron chi connectivity index (χ0n) is 10.8. The Labute approximate surface area is 106 Å². The lowest BCUT2D eigenvalue weighted by Crippen LogP contribution is -2.25. The summed E-state index contributed by atoms with van der Waals surface area (Å²) in [5.41, 5.74) is 5.73. The molecule has 0 aromatic heterocycles. The average molecular weight is 251 g/mol. The molecule has 4 heteroatoms. The molecule has 0 fully saturated rings. The first-order chi connectivity index (χ1) is 6.95. The highest BCUT2D eigenvalue weighted by Gasteiger charge is 2.08. The molecule has 16 heavy (non-hydrogen) atoms. The van der Waals surface area contributed by atoms with E-state index in [1.807, 2.05) is 0 Å². The molecule has 0 bridgehead atoms. The summed E-state index contributed by atoms with van der Waals surface area (Å²) in [7, 11) is 0. The van der Waals surface area contributed by atoms with Crippen molar-refractivity contribution in [3.05, 3.63) is 0 Å². The average Bonchev–Trinajstić information content (AvgIpc) is 2.12. The fourth-order valence-corrected chi connectivity index (χ4v) is 1.36. The van der Waals surface area contributed by atoms with Gasteiger partial charge in [-0.15, -0.1) is 12.4 Å². The molecule has 0 spiro atoms. The van der Waals surface area contributed by atoms with Gasteiger partial charge in [-0.2, -0.15) is 0 Å². The quantitative estimate of drug-likeness (QED) is 0.682. The predicted molar refractivity (Wildman–Crippen MR) is 71.9 cm³/mol. The van der Waals surface area contributed by atoms with Crippen molar-refractivity contribution in [2.75, 3.05) is 13.1 Å². The molecule has 0 saturated heterocycles. The van der Waals surface area contributed by atoms with E-state index in [-0.39, 0.29) is 18.3 Å². The third-order valence-corrected chi connectivity index (χ3v) is 2.28. The second-order valence-electron chi connectivity index (χ2n) is 5.26. The van der Waals surface area contributed by atoms with Crippen LogP contribution < -0.4 is 11.1 Å². The van der Waals surface area contributed by atoms with Crippen molar-refractivity contribution in [2.24, 2.45) is 11.1 Å². The lowest BCUT2D eigenvalue weighted by Gasteiger charge is -2.17. The van der Waals surface area contributed by atoms with Crippen LogP contribution in [0.5, 0.6) is 0 Å². The topological polar surface area (TPSA) is 55.1 Å². The highest BCUT2D eigenvalue weighted by atomic mass is 35.5. The molecule has 0 saturated carbocycles. The molecule has 0 rings (SSSR count). The van der Waals surface area contributed by atoms with Crippen molar-refractivity contribution in [2.45, 2.75) is 52.9 Å². The molecule has 3 nitrogen and oxygen atoms in total. The molecule has 0 unspecified atom stereocenters. The highest BCUT2D eigenvalue weighted by Crippen LogP contribution is 2.21. The van der Waals surface area contributed by atoms with Gasteiger partial charge in [0.1, 0.15) is 0 Å². The number of amides is 1. The van der Waals surface area contributed by atoms with Gasteiger partial charge in [0.2, 0.25) is 5.91 Å². The minimum absolute atomic E-state index is 0. The van der Waals surface area contributed by atoms with Gasteiger partial charge in [0, 0.05) is 13.0 Å².